The molecule has 0 heterocycles. The second-order valence-corrected chi connectivity index (χ2v) is 4.96. The standard InChI is InChI=1S/C16H26FNO2/c1-14(13-15-7-3-4-8-16(15)17)18-9-5-6-10-20-12-11-19-2/h3-4,7-8,14,18H,5-6,9-13H2,1-2H3. The van der Waals surface area contributed by atoms with Crippen molar-refractivity contribution >= 4 is 0 Å². The van der Waals surface area contributed by atoms with Crippen LogP contribution in [0.5, 0.6) is 0 Å². The van der Waals surface area contributed by atoms with Gasteiger partial charge in [-0.25, -0.2) is 4.39 Å². The van der Waals surface area contributed by atoms with E-state index in [1.807, 2.05) is 12.1 Å². The number of methoxy groups -OCH3 is 1. The predicted octanol–water partition coefficient (Wildman–Crippen LogP) is 2.79. The van der Waals surface area contributed by atoms with Gasteiger partial charge in [-0.05, 0) is 44.4 Å². The lowest BCUT2D eigenvalue weighted by atomic mass is 10.1. The number of nitrogens with one attached hydrogen (secondary N) is 1. The van der Waals surface area contributed by atoms with Crippen LogP contribution >= 0.6 is 0 Å². The van der Waals surface area contributed by atoms with E-state index in [1.54, 1.807) is 13.2 Å². The minimum Gasteiger partial charge on any atom is -0.382 e. The van der Waals surface area contributed by atoms with Gasteiger partial charge in [-0.2, -0.15) is 0 Å². The van der Waals surface area contributed by atoms with Crippen molar-refractivity contribution in [3.8, 4) is 0 Å². The summed E-state index contributed by atoms with van der Waals surface area (Å²) in [6.45, 7) is 5.10. The van der Waals surface area contributed by atoms with Gasteiger partial charge in [0.25, 0.3) is 0 Å². The zero-order valence-corrected chi connectivity index (χ0v) is 12.5. The van der Waals surface area contributed by atoms with Crippen LogP contribution < -0.4 is 5.32 Å². The molecule has 0 aliphatic heterocycles. The zero-order chi connectivity index (χ0) is 14.6. The fraction of sp³-hybridized carbons (Fsp3) is 0.625. The molecular formula is C16H26FNO2. The topological polar surface area (TPSA) is 30.5 Å². The SMILES string of the molecule is COCCOCCCCNC(C)Cc1ccccc1F. The second-order valence-electron chi connectivity index (χ2n) is 4.96. The number of ether oxygens (including phenoxy) is 2. The molecule has 1 unspecified atom stereocenters. The summed E-state index contributed by atoms with van der Waals surface area (Å²) in [6.07, 6.45) is 2.81. The molecule has 1 rings (SSSR count). The molecule has 0 saturated heterocycles. The van der Waals surface area contributed by atoms with Crippen LogP contribution in [0.15, 0.2) is 24.3 Å². The van der Waals surface area contributed by atoms with E-state index < -0.39 is 0 Å². The third kappa shape index (κ3) is 7.58. The minimum atomic E-state index is -0.118. The van der Waals surface area contributed by atoms with Crippen molar-refractivity contribution < 1.29 is 13.9 Å². The predicted molar refractivity (Wildman–Crippen MR) is 79.5 cm³/mol. The van der Waals surface area contributed by atoms with Crippen LogP contribution in [0.1, 0.15) is 25.3 Å². The first-order chi connectivity index (χ1) is 9.74. The summed E-state index contributed by atoms with van der Waals surface area (Å²) in [6, 6.07) is 7.24. The Morgan fingerprint density at radius 3 is 2.70 bits per heavy atom. The Hall–Kier alpha value is -0.970. The number of hydrogen-bond donors (Lipinski definition) is 1. The number of hydrogen-bond acceptors (Lipinski definition) is 3. The summed E-state index contributed by atoms with van der Waals surface area (Å²) in [5.74, 6) is -0.118. The van der Waals surface area contributed by atoms with E-state index in [-0.39, 0.29) is 11.9 Å². The van der Waals surface area contributed by atoms with Crippen LogP contribution in [0.3, 0.4) is 0 Å². The Morgan fingerprint density at radius 1 is 1.15 bits per heavy atom. The third-order valence-corrected chi connectivity index (χ3v) is 3.12. The lowest BCUT2D eigenvalue weighted by Crippen LogP contribution is -2.29. The maximum absolute atomic E-state index is 13.5. The van der Waals surface area contributed by atoms with Gasteiger partial charge in [0, 0.05) is 19.8 Å². The Balaban J connectivity index is 2.03. The minimum absolute atomic E-state index is 0.118. The fourth-order valence-corrected chi connectivity index (χ4v) is 1.99. The number of rotatable bonds is 11. The van der Waals surface area contributed by atoms with Gasteiger partial charge in [-0.1, -0.05) is 18.2 Å². The van der Waals surface area contributed by atoms with E-state index in [4.69, 9.17) is 9.47 Å². The number of halogens is 1. The van der Waals surface area contributed by atoms with Gasteiger partial charge in [-0.15, -0.1) is 0 Å². The molecule has 0 bridgehead atoms. The average molecular weight is 283 g/mol. The van der Waals surface area contributed by atoms with E-state index in [9.17, 15) is 4.39 Å². The largest absolute Gasteiger partial charge is 0.382 e. The molecule has 114 valence electrons. The van der Waals surface area contributed by atoms with E-state index in [1.165, 1.54) is 6.07 Å². The highest BCUT2D eigenvalue weighted by Crippen LogP contribution is 2.08. The normalized spacial score (nSPS) is 12.6. The van der Waals surface area contributed by atoms with Crippen LogP contribution in [-0.4, -0.2) is 39.5 Å². The van der Waals surface area contributed by atoms with Gasteiger partial charge in [0.05, 0.1) is 13.2 Å². The van der Waals surface area contributed by atoms with Crippen molar-refractivity contribution in [1.82, 2.24) is 5.32 Å². The van der Waals surface area contributed by atoms with Crippen molar-refractivity contribution in [2.75, 3.05) is 33.5 Å². The van der Waals surface area contributed by atoms with E-state index in [0.29, 0.717) is 13.2 Å². The quantitative estimate of drug-likeness (QED) is 0.633. The molecule has 0 aliphatic carbocycles. The maximum Gasteiger partial charge on any atom is 0.126 e. The van der Waals surface area contributed by atoms with Gasteiger partial charge in [-0.3, -0.25) is 0 Å². The van der Waals surface area contributed by atoms with Crippen molar-refractivity contribution in [3.05, 3.63) is 35.6 Å². The molecule has 0 aliphatic rings. The lowest BCUT2D eigenvalue weighted by Gasteiger charge is -2.14. The van der Waals surface area contributed by atoms with Gasteiger partial charge >= 0.3 is 0 Å². The molecule has 0 aromatic heterocycles. The maximum atomic E-state index is 13.5. The average Bonchev–Trinajstić information content (AvgIpc) is 2.44. The molecule has 1 atom stereocenters. The highest BCUT2D eigenvalue weighted by molar-refractivity contribution is 5.18. The summed E-state index contributed by atoms with van der Waals surface area (Å²) in [5, 5.41) is 3.41. The van der Waals surface area contributed by atoms with E-state index >= 15 is 0 Å². The van der Waals surface area contributed by atoms with Crippen LogP contribution in [0, 0.1) is 5.82 Å². The molecule has 0 saturated carbocycles. The van der Waals surface area contributed by atoms with Gasteiger partial charge in [0.2, 0.25) is 0 Å². The first-order valence-electron chi connectivity index (χ1n) is 7.27. The van der Waals surface area contributed by atoms with Crippen molar-refractivity contribution in [2.45, 2.75) is 32.2 Å². The molecule has 0 amide bonds. The van der Waals surface area contributed by atoms with E-state index in [0.717, 1.165) is 38.0 Å². The molecule has 0 fully saturated rings. The molecular weight excluding hydrogens is 257 g/mol. The summed E-state index contributed by atoms with van der Waals surface area (Å²) in [7, 11) is 1.67. The molecule has 3 nitrogen and oxygen atoms in total. The van der Waals surface area contributed by atoms with Gasteiger partial charge < -0.3 is 14.8 Å². The monoisotopic (exact) mass is 283 g/mol. The fourth-order valence-electron chi connectivity index (χ4n) is 1.99. The second kappa shape index (κ2) is 10.8. The Labute approximate surface area is 121 Å². The third-order valence-electron chi connectivity index (χ3n) is 3.12. The number of benzene rings is 1. The first-order valence-corrected chi connectivity index (χ1v) is 7.27. The van der Waals surface area contributed by atoms with E-state index in [2.05, 4.69) is 12.2 Å². The number of unbranched alkanes of at least 4 members (excludes halogenated alkanes) is 1. The van der Waals surface area contributed by atoms with Crippen LogP contribution in [0.25, 0.3) is 0 Å². The molecule has 20 heavy (non-hydrogen) atoms. The molecule has 0 radical (unpaired) electrons. The molecule has 0 spiro atoms. The van der Waals surface area contributed by atoms with Crippen LogP contribution in [0.4, 0.5) is 4.39 Å². The molecule has 4 heteroatoms. The van der Waals surface area contributed by atoms with Crippen LogP contribution in [0.2, 0.25) is 0 Å². The smallest absolute Gasteiger partial charge is 0.126 e. The van der Waals surface area contributed by atoms with Gasteiger partial charge in [0.15, 0.2) is 0 Å². The van der Waals surface area contributed by atoms with Crippen molar-refractivity contribution in [2.24, 2.45) is 0 Å². The Bertz CT molecular complexity index is 360. The zero-order valence-electron chi connectivity index (χ0n) is 12.5. The summed E-state index contributed by atoms with van der Waals surface area (Å²) in [5.41, 5.74) is 0.774. The van der Waals surface area contributed by atoms with Gasteiger partial charge in [0.1, 0.15) is 5.82 Å². The van der Waals surface area contributed by atoms with Crippen LogP contribution in [-0.2, 0) is 15.9 Å². The summed E-state index contributed by atoms with van der Waals surface area (Å²) >= 11 is 0. The Kier molecular flexibility index (Phi) is 9.20. The first kappa shape index (κ1) is 17.1. The summed E-state index contributed by atoms with van der Waals surface area (Å²) < 4.78 is 23.8. The highest BCUT2D eigenvalue weighted by Gasteiger charge is 2.06. The molecule has 1 N–H and O–H groups in total. The molecule has 1 aromatic carbocycles. The lowest BCUT2D eigenvalue weighted by molar-refractivity contribution is 0.0687. The molecule has 1 aromatic rings. The van der Waals surface area contributed by atoms with Crippen molar-refractivity contribution in [3.63, 3.8) is 0 Å². The van der Waals surface area contributed by atoms with Crippen molar-refractivity contribution in [1.29, 1.82) is 0 Å². The highest BCUT2D eigenvalue weighted by atomic mass is 19.1. The summed E-state index contributed by atoms with van der Waals surface area (Å²) in [4.78, 5) is 0. The Morgan fingerprint density at radius 2 is 1.95 bits per heavy atom.